The van der Waals surface area contributed by atoms with Gasteiger partial charge in [-0.2, -0.15) is 0 Å². The largest absolute Gasteiger partial charge is 0.371 e. The van der Waals surface area contributed by atoms with E-state index in [2.05, 4.69) is 50.9 Å². The van der Waals surface area contributed by atoms with Crippen LogP contribution >= 0.6 is 0 Å². The topological polar surface area (TPSA) is 3.24 Å². The van der Waals surface area contributed by atoms with Crippen molar-refractivity contribution >= 4 is 5.69 Å². The van der Waals surface area contributed by atoms with Crippen LogP contribution in [0, 0.1) is 5.92 Å². The Morgan fingerprint density at radius 3 is 2.69 bits per heavy atom. The number of hydrogen-bond acceptors (Lipinski definition) is 1. The summed E-state index contributed by atoms with van der Waals surface area (Å²) < 4.78 is 0. The second kappa shape index (κ2) is 4.48. The van der Waals surface area contributed by atoms with Crippen molar-refractivity contribution in [3.05, 3.63) is 29.3 Å². The fraction of sp³-hybridized carbons (Fsp3) is 0.600. The molecular formula is C15H23N. The summed E-state index contributed by atoms with van der Waals surface area (Å²) in [6.45, 7) is 6.90. The third-order valence-electron chi connectivity index (χ3n) is 4.05. The van der Waals surface area contributed by atoms with Crippen LogP contribution in [0.15, 0.2) is 18.2 Å². The first-order valence-corrected chi connectivity index (χ1v) is 6.52. The van der Waals surface area contributed by atoms with Gasteiger partial charge in [0.2, 0.25) is 0 Å². The minimum Gasteiger partial charge on any atom is -0.371 e. The van der Waals surface area contributed by atoms with Crippen LogP contribution in [0.5, 0.6) is 0 Å². The van der Waals surface area contributed by atoms with E-state index >= 15 is 0 Å². The van der Waals surface area contributed by atoms with Gasteiger partial charge in [0.05, 0.1) is 0 Å². The molecule has 1 heteroatoms. The van der Waals surface area contributed by atoms with Gasteiger partial charge in [0.1, 0.15) is 0 Å². The lowest BCUT2D eigenvalue weighted by atomic mass is 9.85. The van der Waals surface area contributed by atoms with Crippen LogP contribution in [0.4, 0.5) is 5.69 Å². The summed E-state index contributed by atoms with van der Waals surface area (Å²) in [5, 5.41) is 0. The third-order valence-corrected chi connectivity index (χ3v) is 4.05. The predicted octanol–water partition coefficient (Wildman–Crippen LogP) is 3.66. The maximum atomic E-state index is 2.48. The van der Waals surface area contributed by atoms with E-state index in [1.165, 1.54) is 24.1 Å². The number of benzene rings is 1. The SMILES string of the molecule is CCc1ccc2c(c1)C[C@@H](C)[C@H](CC)N2C. The highest BCUT2D eigenvalue weighted by Crippen LogP contribution is 2.34. The number of nitrogens with zero attached hydrogens (tertiary/aromatic N) is 1. The summed E-state index contributed by atoms with van der Waals surface area (Å²) in [5.74, 6) is 0.773. The Hall–Kier alpha value is -0.980. The molecule has 0 radical (unpaired) electrons. The fourth-order valence-corrected chi connectivity index (χ4v) is 3.09. The van der Waals surface area contributed by atoms with Gasteiger partial charge < -0.3 is 4.90 Å². The zero-order valence-corrected chi connectivity index (χ0v) is 11.0. The van der Waals surface area contributed by atoms with Crippen LogP contribution in [-0.4, -0.2) is 13.1 Å². The molecule has 0 amide bonds. The summed E-state index contributed by atoms with van der Waals surface area (Å²) in [4.78, 5) is 2.48. The Labute approximate surface area is 99.5 Å². The quantitative estimate of drug-likeness (QED) is 0.731. The average Bonchev–Trinajstić information content (AvgIpc) is 2.28. The first-order chi connectivity index (χ1) is 7.67. The first-order valence-electron chi connectivity index (χ1n) is 6.52. The number of fused-ring (bicyclic) bond motifs is 1. The zero-order chi connectivity index (χ0) is 11.7. The lowest BCUT2D eigenvalue weighted by Gasteiger charge is -2.40. The molecule has 0 bridgehead atoms. The van der Waals surface area contributed by atoms with Crippen LogP contribution in [0.25, 0.3) is 0 Å². The van der Waals surface area contributed by atoms with Crippen molar-refractivity contribution in [2.75, 3.05) is 11.9 Å². The van der Waals surface area contributed by atoms with Crippen LogP contribution in [0.2, 0.25) is 0 Å². The van der Waals surface area contributed by atoms with Gasteiger partial charge in [-0.15, -0.1) is 0 Å². The molecule has 0 saturated carbocycles. The maximum Gasteiger partial charge on any atom is 0.0399 e. The highest BCUT2D eigenvalue weighted by Gasteiger charge is 2.27. The highest BCUT2D eigenvalue weighted by molar-refractivity contribution is 5.57. The second-order valence-corrected chi connectivity index (χ2v) is 5.08. The molecule has 1 aliphatic heterocycles. The normalized spacial score (nSPS) is 24.4. The lowest BCUT2D eigenvalue weighted by Crippen LogP contribution is -2.41. The van der Waals surface area contributed by atoms with Crippen molar-refractivity contribution < 1.29 is 0 Å². The smallest absolute Gasteiger partial charge is 0.0399 e. The Kier molecular flexibility index (Phi) is 3.22. The molecule has 0 aromatic heterocycles. The van der Waals surface area contributed by atoms with E-state index in [1.807, 2.05) is 0 Å². The van der Waals surface area contributed by atoms with Crippen LogP contribution < -0.4 is 4.90 Å². The van der Waals surface area contributed by atoms with Crippen molar-refractivity contribution in [3.63, 3.8) is 0 Å². The van der Waals surface area contributed by atoms with Crippen molar-refractivity contribution in [1.29, 1.82) is 0 Å². The summed E-state index contributed by atoms with van der Waals surface area (Å²) in [5.41, 5.74) is 4.45. The van der Waals surface area contributed by atoms with Gasteiger partial charge in [-0.25, -0.2) is 0 Å². The summed E-state index contributed by atoms with van der Waals surface area (Å²) in [6, 6.07) is 7.69. The maximum absolute atomic E-state index is 2.48. The molecule has 1 aliphatic rings. The molecule has 0 fully saturated rings. The molecule has 0 saturated heterocycles. The van der Waals surface area contributed by atoms with E-state index in [1.54, 1.807) is 5.56 Å². The molecule has 1 heterocycles. The molecule has 2 atom stereocenters. The minimum atomic E-state index is 0.708. The van der Waals surface area contributed by atoms with Gasteiger partial charge in [0.15, 0.2) is 0 Å². The fourth-order valence-electron chi connectivity index (χ4n) is 3.09. The summed E-state index contributed by atoms with van der Waals surface area (Å²) in [7, 11) is 2.24. The molecule has 16 heavy (non-hydrogen) atoms. The predicted molar refractivity (Wildman–Crippen MR) is 71.2 cm³/mol. The molecular weight excluding hydrogens is 194 g/mol. The van der Waals surface area contributed by atoms with Crippen LogP contribution in [0.3, 0.4) is 0 Å². The van der Waals surface area contributed by atoms with E-state index in [-0.39, 0.29) is 0 Å². The first kappa shape index (κ1) is 11.5. The Morgan fingerprint density at radius 2 is 2.06 bits per heavy atom. The number of aryl methyl sites for hydroxylation is 1. The number of anilines is 1. The van der Waals surface area contributed by atoms with Crippen LogP contribution in [0.1, 0.15) is 38.3 Å². The molecule has 0 aliphatic carbocycles. The summed E-state index contributed by atoms with van der Waals surface area (Å²) in [6.07, 6.45) is 3.63. The van der Waals surface area contributed by atoms with E-state index in [0.717, 1.165) is 12.3 Å². The van der Waals surface area contributed by atoms with Crippen molar-refractivity contribution in [1.82, 2.24) is 0 Å². The monoisotopic (exact) mass is 217 g/mol. The molecule has 1 aromatic rings. The zero-order valence-electron chi connectivity index (χ0n) is 11.0. The molecule has 1 nitrogen and oxygen atoms in total. The molecule has 1 aromatic carbocycles. The van der Waals surface area contributed by atoms with E-state index < -0.39 is 0 Å². The Bertz CT molecular complexity index is 370. The molecule has 0 unspecified atom stereocenters. The van der Waals surface area contributed by atoms with Crippen LogP contribution in [-0.2, 0) is 12.8 Å². The van der Waals surface area contributed by atoms with E-state index in [9.17, 15) is 0 Å². The number of rotatable bonds is 2. The number of hydrogen-bond donors (Lipinski definition) is 0. The molecule has 0 spiro atoms. The van der Waals surface area contributed by atoms with Gasteiger partial charge in [-0.1, -0.05) is 32.9 Å². The Morgan fingerprint density at radius 1 is 1.31 bits per heavy atom. The average molecular weight is 217 g/mol. The lowest BCUT2D eigenvalue weighted by molar-refractivity contribution is 0.407. The van der Waals surface area contributed by atoms with Crippen molar-refractivity contribution in [2.45, 2.75) is 46.1 Å². The second-order valence-electron chi connectivity index (χ2n) is 5.08. The van der Waals surface area contributed by atoms with Gasteiger partial charge in [-0.05, 0) is 42.4 Å². The summed E-state index contributed by atoms with van der Waals surface area (Å²) >= 11 is 0. The van der Waals surface area contributed by atoms with E-state index in [4.69, 9.17) is 0 Å². The van der Waals surface area contributed by atoms with E-state index in [0.29, 0.717) is 6.04 Å². The standard InChI is InChI=1S/C15H23N/c1-5-12-7-8-15-13(10-12)9-11(3)14(6-2)16(15)4/h7-8,10-11,14H,5-6,9H2,1-4H3/t11-,14+/m1/s1. The third kappa shape index (κ3) is 1.83. The molecule has 0 N–H and O–H groups in total. The minimum absolute atomic E-state index is 0.708. The molecule has 88 valence electrons. The van der Waals surface area contributed by atoms with Gasteiger partial charge in [0, 0.05) is 18.8 Å². The van der Waals surface area contributed by atoms with Crippen molar-refractivity contribution in [3.8, 4) is 0 Å². The Balaban J connectivity index is 2.38. The van der Waals surface area contributed by atoms with Gasteiger partial charge >= 0.3 is 0 Å². The van der Waals surface area contributed by atoms with Crippen molar-refractivity contribution in [2.24, 2.45) is 5.92 Å². The molecule has 2 rings (SSSR count). The van der Waals surface area contributed by atoms with Gasteiger partial charge in [0.25, 0.3) is 0 Å². The van der Waals surface area contributed by atoms with Gasteiger partial charge in [-0.3, -0.25) is 0 Å². The highest BCUT2D eigenvalue weighted by atomic mass is 15.1.